The molecular formula is C19H31FN4. The van der Waals surface area contributed by atoms with Crippen LogP contribution in [0.4, 0.5) is 4.39 Å². The van der Waals surface area contributed by atoms with Gasteiger partial charge in [-0.05, 0) is 68.9 Å². The highest BCUT2D eigenvalue weighted by molar-refractivity contribution is 5.79. The molecule has 0 spiro atoms. The Balaban J connectivity index is 1.68. The van der Waals surface area contributed by atoms with Crippen LogP contribution < -0.4 is 10.6 Å². The molecule has 1 aromatic carbocycles. The van der Waals surface area contributed by atoms with Gasteiger partial charge in [-0.25, -0.2) is 4.39 Å². The van der Waals surface area contributed by atoms with Crippen LogP contribution in [0.25, 0.3) is 0 Å². The van der Waals surface area contributed by atoms with Crippen molar-refractivity contribution in [3.8, 4) is 0 Å². The first-order valence-electron chi connectivity index (χ1n) is 9.04. The second kappa shape index (κ2) is 9.62. The van der Waals surface area contributed by atoms with Crippen LogP contribution in [0.5, 0.6) is 0 Å². The average molecular weight is 334 g/mol. The summed E-state index contributed by atoms with van der Waals surface area (Å²) in [6, 6.07) is 5.20. The molecule has 2 N–H and O–H groups in total. The molecule has 2 rings (SSSR count). The number of guanidine groups is 1. The third-order valence-electron chi connectivity index (χ3n) is 4.91. The molecule has 4 nitrogen and oxygen atoms in total. The number of aliphatic imine (C=N–C) groups is 1. The smallest absolute Gasteiger partial charge is 0.191 e. The number of halogens is 1. The topological polar surface area (TPSA) is 39.7 Å². The van der Waals surface area contributed by atoms with Gasteiger partial charge in [0.25, 0.3) is 0 Å². The SMILES string of the molecule is CCN1CCC(CCNC(=NC)NCc2ccc(F)c(C)c2)CC1. The van der Waals surface area contributed by atoms with Crippen molar-refractivity contribution in [1.82, 2.24) is 15.5 Å². The van der Waals surface area contributed by atoms with Gasteiger partial charge >= 0.3 is 0 Å². The molecule has 5 heteroatoms. The zero-order valence-electron chi connectivity index (χ0n) is 15.2. The first-order valence-corrected chi connectivity index (χ1v) is 9.04. The Kier molecular flexibility index (Phi) is 7.50. The fraction of sp³-hybridized carbons (Fsp3) is 0.632. The van der Waals surface area contributed by atoms with Gasteiger partial charge < -0.3 is 15.5 Å². The van der Waals surface area contributed by atoms with E-state index in [1.165, 1.54) is 45.0 Å². The summed E-state index contributed by atoms with van der Waals surface area (Å²) in [7, 11) is 1.78. The van der Waals surface area contributed by atoms with E-state index in [1.54, 1.807) is 14.0 Å². The lowest BCUT2D eigenvalue weighted by atomic mass is 9.93. The minimum Gasteiger partial charge on any atom is -0.356 e. The van der Waals surface area contributed by atoms with E-state index in [2.05, 4.69) is 27.4 Å². The number of aryl methyl sites for hydroxylation is 1. The van der Waals surface area contributed by atoms with E-state index in [0.29, 0.717) is 12.1 Å². The van der Waals surface area contributed by atoms with Crippen LogP contribution in [0.2, 0.25) is 0 Å². The third kappa shape index (κ3) is 5.78. The van der Waals surface area contributed by atoms with Crippen molar-refractivity contribution in [2.24, 2.45) is 10.9 Å². The summed E-state index contributed by atoms with van der Waals surface area (Å²) in [5.41, 5.74) is 1.74. The molecule has 1 saturated heterocycles. The predicted molar refractivity (Wildman–Crippen MR) is 98.8 cm³/mol. The van der Waals surface area contributed by atoms with Crippen molar-refractivity contribution >= 4 is 5.96 Å². The molecule has 0 atom stereocenters. The number of likely N-dealkylation sites (tertiary alicyclic amines) is 1. The van der Waals surface area contributed by atoms with E-state index in [9.17, 15) is 4.39 Å². The maximum Gasteiger partial charge on any atom is 0.191 e. The van der Waals surface area contributed by atoms with Crippen molar-refractivity contribution in [3.05, 3.63) is 35.1 Å². The van der Waals surface area contributed by atoms with E-state index in [0.717, 1.165) is 24.0 Å². The highest BCUT2D eigenvalue weighted by Gasteiger charge is 2.17. The van der Waals surface area contributed by atoms with Gasteiger partial charge in [0, 0.05) is 20.1 Å². The molecular weight excluding hydrogens is 303 g/mol. The van der Waals surface area contributed by atoms with Crippen LogP contribution in [0.1, 0.15) is 37.3 Å². The predicted octanol–water partition coefficient (Wildman–Crippen LogP) is 2.92. The number of hydrogen-bond acceptors (Lipinski definition) is 2. The molecule has 0 radical (unpaired) electrons. The van der Waals surface area contributed by atoms with Crippen molar-refractivity contribution < 1.29 is 4.39 Å². The number of benzene rings is 1. The minimum absolute atomic E-state index is 0.157. The van der Waals surface area contributed by atoms with Gasteiger partial charge in [0.1, 0.15) is 5.82 Å². The summed E-state index contributed by atoms with van der Waals surface area (Å²) >= 11 is 0. The van der Waals surface area contributed by atoms with Crippen molar-refractivity contribution in [2.45, 2.75) is 39.7 Å². The van der Waals surface area contributed by atoms with Gasteiger partial charge in [-0.3, -0.25) is 4.99 Å². The van der Waals surface area contributed by atoms with Crippen LogP contribution in [0, 0.1) is 18.7 Å². The Bertz CT molecular complexity index is 536. The second-order valence-corrected chi connectivity index (χ2v) is 6.60. The Labute approximate surface area is 145 Å². The summed E-state index contributed by atoms with van der Waals surface area (Å²) in [5, 5.41) is 6.68. The first kappa shape index (κ1) is 18.7. The molecule has 0 saturated carbocycles. The zero-order valence-corrected chi connectivity index (χ0v) is 15.2. The van der Waals surface area contributed by atoms with Gasteiger partial charge in [-0.2, -0.15) is 0 Å². The van der Waals surface area contributed by atoms with Crippen molar-refractivity contribution in [2.75, 3.05) is 33.2 Å². The first-order chi connectivity index (χ1) is 11.6. The van der Waals surface area contributed by atoms with E-state index in [4.69, 9.17) is 0 Å². The minimum atomic E-state index is -0.157. The van der Waals surface area contributed by atoms with Crippen molar-refractivity contribution in [1.29, 1.82) is 0 Å². The molecule has 1 fully saturated rings. The second-order valence-electron chi connectivity index (χ2n) is 6.60. The number of hydrogen-bond donors (Lipinski definition) is 2. The summed E-state index contributed by atoms with van der Waals surface area (Å²) in [6.07, 6.45) is 3.79. The largest absolute Gasteiger partial charge is 0.356 e. The molecule has 134 valence electrons. The van der Waals surface area contributed by atoms with E-state index in [1.807, 2.05) is 12.1 Å². The number of piperidine rings is 1. The Morgan fingerprint density at radius 3 is 2.67 bits per heavy atom. The van der Waals surface area contributed by atoms with Gasteiger partial charge in [-0.15, -0.1) is 0 Å². The highest BCUT2D eigenvalue weighted by Crippen LogP contribution is 2.19. The molecule has 0 aromatic heterocycles. The van der Waals surface area contributed by atoms with Crippen LogP contribution in [-0.4, -0.2) is 44.1 Å². The zero-order chi connectivity index (χ0) is 17.4. The number of rotatable bonds is 6. The molecule has 0 bridgehead atoms. The lowest BCUT2D eigenvalue weighted by Gasteiger charge is -2.31. The summed E-state index contributed by atoms with van der Waals surface area (Å²) in [6.45, 7) is 9.25. The number of nitrogens with zero attached hydrogens (tertiary/aromatic N) is 2. The molecule has 0 aliphatic carbocycles. The molecule has 1 aliphatic heterocycles. The monoisotopic (exact) mass is 334 g/mol. The number of nitrogens with one attached hydrogen (secondary N) is 2. The van der Waals surface area contributed by atoms with E-state index < -0.39 is 0 Å². The maximum atomic E-state index is 13.3. The third-order valence-corrected chi connectivity index (χ3v) is 4.91. The molecule has 1 aromatic rings. The van der Waals surface area contributed by atoms with Crippen LogP contribution in [0.3, 0.4) is 0 Å². The summed E-state index contributed by atoms with van der Waals surface area (Å²) in [5.74, 6) is 1.47. The Hall–Kier alpha value is -1.62. The van der Waals surface area contributed by atoms with Crippen molar-refractivity contribution in [3.63, 3.8) is 0 Å². The maximum absolute atomic E-state index is 13.3. The van der Waals surface area contributed by atoms with Crippen LogP contribution in [0.15, 0.2) is 23.2 Å². The quantitative estimate of drug-likeness (QED) is 0.621. The van der Waals surface area contributed by atoms with Crippen LogP contribution >= 0.6 is 0 Å². The lowest BCUT2D eigenvalue weighted by molar-refractivity contribution is 0.187. The van der Waals surface area contributed by atoms with E-state index in [-0.39, 0.29) is 5.82 Å². The standard InChI is InChI=1S/C19H31FN4/c1-4-24-11-8-16(9-12-24)7-10-22-19(21-3)23-14-17-5-6-18(20)15(2)13-17/h5-6,13,16H,4,7-12,14H2,1-3H3,(H2,21,22,23). The van der Waals surface area contributed by atoms with Gasteiger partial charge in [0.15, 0.2) is 5.96 Å². The molecule has 24 heavy (non-hydrogen) atoms. The fourth-order valence-electron chi connectivity index (χ4n) is 3.21. The molecule has 1 aliphatic rings. The van der Waals surface area contributed by atoms with Gasteiger partial charge in [0.05, 0.1) is 0 Å². The molecule has 1 heterocycles. The molecule has 0 amide bonds. The van der Waals surface area contributed by atoms with E-state index >= 15 is 0 Å². The Morgan fingerprint density at radius 1 is 1.29 bits per heavy atom. The Morgan fingerprint density at radius 2 is 2.04 bits per heavy atom. The lowest BCUT2D eigenvalue weighted by Crippen LogP contribution is -2.39. The fourth-order valence-corrected chi connectivity index (χ4v) is 3.21. The summed E-state index contributed by atoms with van der Waals surface area (Å²) < 4.78 is 13.3. The molecule has 0 unspecified atom stereocenters. The van der Waals surface area contributed by atoms with Gasteiger partial charge in [0.2, 0.25) is 0 Å². The van der Waals surface area contributed by atoms with Gasteiger partial charge in [-0.1, -0.05) is 19.1 Å². The normalized spacial score (nSPS) is 17.1. The average Bonchev–Trinajstić information content (AvgIpc) is 2.61. The van der Waals surface area contributed by atoms with Crippen LogP contribution in [-0.2, 0) is 6.54 Å². The summed E-state index contributed by atoms with van der Waals surface area (Å²) in [4.78, 5) is 6.79. The highest BCUT2D eigenvalue weighted by atomic mass is 19.1.